The van der Waals surface area contributed by atoms with Gasteiger partial charge in [-0.2, -0.15) is 0 Å². The summed E-state index contributed by atoms with van der Waals surface area (Å²) in [6.07, 6.45) is 0.805. The molecule has 0 N–H and O–H groups in total. The maximum Gasteiger partial charge on any atom is 0.240 e. The number of likely N-dealkylation sites (tertiary alicyclic amines) is 1. The molecule has 2 fully saturated rings. The molecule has 7 nitrogen and oxygen atoms in total. The molecule has 1 aromatic carbocycles. The van der Waals surface area contributed by atoms with E-state index < -0.39 is 5.41 Å². The summed E-state index contributed by atoms with van der Waals surface area (Å²) in [7, 11) is 1.59. The average Bonchev–Trinajstić information content (AvgIpc) is 3.02. The van der Waals surface area contributed by atoms with Crippen LogP contribution in [0.15, 0.2) is 24.3 Å². The monoisotopic (exact) mass is 443 g/mol. The molecule has 3 rings (SSSR count). The highest BCUT2D eigenvalue weighted by molar-refractivity contribution is 6.10. The number of methoxy groups -OCH3 is 1. The van der Waals surface area contributed by atoms with E-state index in [1.807, 2.05) is 17.0 Å². The van der Waals surface area contributed by atoms with Gasteiger partial charge in [-0.1, -0.05) is 26.0 Å². The van der Waals surface area contributed by atoms with Gasteiger partial charge in [-0.05, 0) is 43.9 Å². The van der Waals surface area contributed by atoms with Crippen LogP contribution in [0.2, 0.25) is 0 Å². The largest absolute Gasteiger partial charge is 0.497 e. The van der Waals surface area contributed by atoms with Gasteiger partial charge in [0.2, 0.25) is 17.7 Å². The third-order valence-corrected chi connectivity index (χ3v) is 6.83. The number of rotatable bonds is 8. The molecule has 1 unspecified atom stereocenters. The predicted molar refractivity (Wildman–Crippen MR) is 123 cm³/mol. The van der Waals surface area contributed by atoms with Gasteiger partial charge in [-0.15, -0.1) is 0 Å². The van der Waals surface area contributed by atoms with Gasteiger partial charge < -0.3 is 9.64 Å². The van der Waals surface area contributed by atoms with Crippen molar-refractivity contribution in [2.45, 2.75) is 58.4 Å². The molecule has 0 aromatic heterocycles. The summed E-state index contributed by atoms with van der Waals surface area (Å²) >= 11 is 0. The minimum Gasteiger partial charge on any atom is -0.497 e. The number of ether oxygens (including phenoxy) is 1. The molecule has 0 saturated carbocycles. The van der Waals surface area contributed by atoms with Crippen LogP contribution >= 0.6 is 0 Å². The number of piperazine rings is 1. The fourth-order valence-corrected chi connectivity index (χ4v) is 4.65. The highest BCUT2D eigenvalue weighted by atomic mass is 16.5. The normalized spacial score (nSPS) is 22.3. The summed E-state index contributed by atoms with van der Waals surface area (Å²) in [6, 6.07) is 7.66. The molecule has 3 amide bonds. The lowest BCUT2D eigenvalue weighted by Gasteiger charge is -2.38. The van der Waals surface area contributed by atoms with Crippen LogP contribution in [-0.4, -0.2) is 78.3 Å². The number of imide groups is 1. The number of hydrogen-bond donors (Lipinski definition) is 0. The summed E-state index contributed by atoms with van der Waals surface area (Å²) in [4.78, 5) is 45.5. The second-order valence-corrected chi connectivity index (χ2v) is 9.71. The highest BCUT2D eigenvalue weighted by Gasteiger charge is 2.54. The smallest absolute Gasteiger partial charge is 0.240 e. The quantitative estimate of drug-likeness (QED) is 0.578. The van der Waals surface area contributed by atoms with Crippen LogP contribution in [0.1, 0.15) is 52.5 Å². The van der Waals surface area contributed by atoms with Crippen molar-refractivity contribution >= 4 is 17.7 Å². The van der Waals surface area contributed by atoms with E-state index in [1.165, 1.54) is 4.90 Å². The van der Waals surface area contributed by atoms with Crippen molar-refractivity contribution < 1.29 is 19.1 Å². The number of benzene rings is 1. The van der Waals surface area contributed by atoms with Gasteiger partial charge in [0.1, 0.15) is 5.75 Å². The number of amides is 3. The molecule has 0 aliphatic carbocycles. The van der Waals surface area contributed by atoms with E-state index >= 15 is 0 Å². The molecule has 176 valence electrons. The zero-order chi connectivity index (χ0) is 23.5. The maximum atomic E-state index is 13.7. The Labute approximate surface area is 191 Å². The fraction of sp³-hybridized carbons (Fsp3) is 0.640. The molecule has 2 heterocycles. The third kappa shape index (κ3) is 4.98. The highest BCUT2D eigenvalue weighted by Crippen LogP contribution is 2.41. The lowest BCUT2D eigenvalue weighted by Crippen LogP contribution is -2.52. The molecule has 0 radical (unpaired) electrons. The van der Waals surface area contributed by atoms with Crippen molar-refractivity contribution in [3.05, 3.63) is 29.8 Å². The molecule has 32 heavy (non-hydrogen) atoms. The van der Waals surface area contributed by atoms with Crippen molar-refractivity contribution in [2.24, 2.45) is 5.92 Å². The van der Waals surface area contributed by atoms with Crippen LogP contribution in [-0.2, 0) is 19.8 Å². The molecular weight excluding hydrogens is 406 g/mol. The van der Waals surface area contributed by atoms with Gasteiger partial charge in [-0.3, -0.25) is 24.2 Å². The Balaban J connectivity index is 1.85. The lowest BCUT2D eigenvalue weighted by molar-refractivity contribution is -0.143. The number of carbonyl (C=O) groups excluding carboxylic acids is 3. The van der Waals surface area contributed by atoms with Crippen LogP contribution in [0.3, 0.4) is 0 Å². The van der Waals surface area contributed by atoms with E-state index in [-0.39, 0.29) is 30.6 Å². The lowest BCUT2D eigenvalue weighted by atomic mass is 9.75. The van der Waals surface area contributed by atoms with E-state index in [4.69, 9.17) is 4.74 Å². The summed E-state index contributed by atoms with van der Waals surface area (Å²) in [5.41, 5.74) is -0.440. The molecule has 1 aromatic rings. The van der Waals surface area contributed by atoms with Crippen LogP contribution < -0.4 is 4.74 Å². The first kappa shape index (κ1) is 24.2. The van der Waals surface area contributed by atoms with Crippen molar-refractivity contribution in [3.63, 3.8) is 0 Å². The Bertz CT molecular complexity index is 828. The van der Waals surface area contributed by atoms with Gasteiger partial charge in [0.05, 0.1) is 12.5 Å². The van der Waals surface area contributed by atoms with Gasteiger partial charge in [0.15, 0.2) is 0 Å². The predicted octanol–water partition coefficient (Wildman–Crippen LogP) is 2.68. The van der Waals surface area contributed by atoms with Crippen molar-refractivity contribution in [1.82, 2.24) is 14.7 Å². The molecule has 2 aliphatic rings. The van der Waals surface area contributed by atoms with Crippen LogP contribution in [0.4, 0.5) is 0 Å². The van der Waals surface area contributed by atoms with Crippen LogP contribution in [0, 0.1) is 5.92 Å². The molecule has 1 atom stereocenters. The average molecular weight is 444 g/mol. The second kappa shape index (κ2) is 10.0. The van der Waals surface area contributed by atoms with Gasteiger partial charge in [0, 0.05) is 51.6 Å². The first-order chi connectivity index (χ1) is 15.2. The van der Waals surface area contributed by atoms with Crippen molar-refractivity contribution in [1.29, 1.82) is 0 Å². The Morgan fingerprint density at radius 1 is 1.03 bits per heavy atom. The molecule has 7 heteroatoms. The second-order valence-electron chi connectivity index (χ2n) is 9.71. The molecule has 2 aliphatic heterocycles. The summed E-state index contributed by atoms with van der Waals surface area (Å²) in [5, 5.41) is 0. The SMILES string of the molecule is COc1ccc(C2(CC(=O)N3CCN(C(C)C)CC3)CC(=O)N(CCC(C)C)C2=O)cc1. The number of carbonyl (C=O) groups is 3. The van der Waals surface area contributed by atoms with Crippen LogP contribution in [0.25, 0.3) is 0 Å². The van der Waals surface area contributed by atoms with Gasteiger partial charge >= 0.3 is 0 Å². The first-order valence-corrected chi connectivity index (χ1v) is 11.7. The van der Waals surface area contributed by atoms with Gasteiger partial charge in [-0.25, -0.2) is 0 Å². The topological polar surface area (TPSA) is 70.2 Å². The molecule has 0 bridgehead atoms. The zero-order valence-corrected chi connectivity index (χ0v) is 20.1. The van der Waals surface area contributed by atoms with E-state index in [0.29, 0.717) is 42.9 Å². The minimum absolute atomic E-state index is 0.0176. The van der Waals surface area contributed by atoms with Crippen molar-refractivity contribution in [2.75, 3.05) is 39.8 Å². The van der Waals surface area contributed by atoms with E-state index in [2.05, 4.69) is 32.6 Å². The summed E-state index contributed by atoms with van der Waals surface area (Å²) in [5.74, 6) is 0.557. The van der Waals surface area contributed by atoms with E-state index in [1.54, 1.807) is 19.2 Å². The standard InChI is InChI=1S/C25H37N3O4/c1-18(2)10-11-28-23(30)17-25(24(28)31,20-6-8-21(32-5)9-7-20)16-22(29)27-14-12-26(13-15-27)19(3)4/h6-9,18-19H,10-17H2,1-5H3. The Hall–Kier alpha value is -2.41. The summed E-state index contributed by atoms with van der Waals surface area (Å²) < 4.78 is 5.26. The van der Waals surface area contributed by atoms with Crippen LogP contribution in [0.5, 0.6) is 5.75 Å². The Morgan fingerprint density at radius 3 is 2.19 bits per heavy atom. The fourth-order valence-electron chi connectivity index (χ4n) is 4.65. The minimum atomic E-state index is -1.15. The molecule has 0 spiro atoms. The Kier molecular flexibility index (Phi) is 7.59. The first-order valence-electron chi connectivity index (χ1n) is 11.7. The Morgan fingerprint density at radius 2 is 1.66 bits per heavy atom. The number of nitrogens with zero attached hydrogens (tertiary/aromatic N) is 3. The molecular formula is C25H37N3O4. The zero-order valence-electron chi connectivity index (χ0n) is 20.1. The molecule has 2 saturated heterocycles. The third-order valence-electron chi connectivity index (χ3n) is 6.83. The van der Waals surface area contributed by atoms with Crippen molar-refractivity contribution in [3.8, 4) is 5.75 Å². The number of hydrogen-bond acceptors (Lipinski definition) is 5. The van der Waals surface area contributed by atoms with Gasteiger partial charge in [0.25, 0.3) is 0 Å². The van der Waals surface area contributed by atoms with E-state index in [0.717, 1.165) is 19.5 Å². The maximum absolute atomic E-state index is 13.7. The van der Waals surface area contributed by atoms with E-state index in [9.17, 15) is 14.4 Å². The summed E-state index contributed by atoms with van der Waals surface area (Å²) in [6.45, 7) is 11.8.